The third-order valence-corrected chi connectivity index (χ3v) is 4.05. The Balaban J connectivity index is 2.38. The monoisotopic (exact) mass is 226 g/mol. The van der Waals surface area contributed by atoms with Crippen LogP contribution in [0.3, 0.4) is 0 Å². The number of hydrogen-bond acceptors (Lipinski definition) is 1. The third-order valence-electron chi connectivity index (χ3n) is 4.05. The van der Waals surface area contributed by atoms with Gasteiger partial charge >= 0.3 is 6.03 Å². The lowest BCUT2D eigenvalue weighted by Gasteiger charge is -2.45. The van der Waals surface area contributed by atoms with Gasteiger partial charge in [0.25, 0.3) is 0 Å². The van der Waals surface area contributed by atoms with E-state index in [1.165, 1.54) is 0 Å². The molecule has 0 radical (unpaired) electrons. The van der Waals surface area contributed by atoms with E-state index in [4.69, 9.17) is 0 Å². The normalized spacial score (nSPS) is 18.9. The summed E-state index contributed by atoms with van der Waals surface area (Å²) < 4.78 is 0. The second kappa shape index (κ2) is 5.07. The molecule has 0 saturated carbocycles. The molecule has 1 fully saturated rings. The highest BCUT2D eigenvalue weighted by molar-refractivity contribution is 5.75. The standard InChI is InChI=1S/C13H26N2O/c1-9(2)11(5)12-7-15(8-12)13(16)14(6)10(3)4/h9-12H,7-8H2,1-6H3. The van der Waals surface area contributed by atoms with Crippen molar-refractivity contribution in [1.82, 2.24) is 9.80 Å². The number of likely N-dealkylation sites (tertiary alicyclic amines) is 1. The van der Waals surface area contributed by atoms with E-state index in [1.54, 1.807) is 0 Å². The molecular weight excluding hydrogens is 200 g/mol. The van der Waals surface area contributed by atoms with Crippen molar-refractivity contribution >= 4 is 6.03 Å². The van der Waals surface area contributed by atoms with Crippen LogP contribution in [0.1, 0.15) is 34.6 Å². The molecule has 0 aromatic heterocycles. The molecule has 1 aliphatic heterocycles. The molecule has 3 heteroatoms. The topological polar surface area (TPSA) is 23.6 Å². The van der Waals surface area contributed by atoms with Crippen molar-refractivity contribution in [3.8, 4) is 0 Å². The van der Waals surface area contributed by atoms with Crippen LogP contribution in [0.5, 0.6) is 0 Å². The number of nitrogens with zero attached hydrogens (tertiary/aromatic N) is 2. The van der Waals surface area contributed by atoms with Crippen LogP contribution in [0.15, 0.2) is 0 Å². The molecule has 0 bridgehead atoms. The zero-order chi connectivity index (χ0) is 12.5. The number of urea groups is 1. The quantitative estimate of drug-likeness (QED) is 0.725. The molecule has 0 aliphatic carbocycles. The van der Waals surface area contributed by atoms with Crippen LogP contribution in [0.4, 0.5) is 4.79 Å². The minimum absolute atomic E-state index is 0.183. The zero-order valence-electron chi connectivity index (χ0n) is 11.5. The van der Waals surface area contributed by atoms with E-state index in [0.29, 0.717) is 17.8 Å². The predicted octanol–water partition coefficient (Wildman–Crippen LogP) is 2.67. The van der Waals surface area contributed by atoms with Gasteiger partial charge in [0.2, 0.25) is 0 Å². The summed E-state index contributed by atoms with van der Waals surface area (Å²) in [4.78, 5) is 15.7. The molecule has 1 saturated heterocycles. The summed E-state index contributed by atoms with van der Waals surface area (Å²) in [6.07, 6.45) is 0. The summed E-state index contributed by atoms with van der Waals surface area (Å²) in [7, 11) is 1.88. The van der Waals surface area contributed by atoms with Crippen molar-refractivity contribution in [3.05, 3.63) is 0 Å². The van der Waals surface area contributed by atoms with Crippen molar-refractivity contribution in [1.29, 1.82) is 0 Å². The van der Waals surface area contributed by atoms with Crippen molar-refractivity contribution in [2.45, 2.75) is 40.7 Å². The first kappa shape index (κ1) is 13.3. The van der Waals surface area contributed by atoms with Crippen LogP contribution in [-0.2, 0) is 0 Å². The SMILES string of the molecule is CC(C)C(C)C1CN(C(=O)N(C)C(C)C)C1. The Morgan fingerprint density at radius 3 is 2.06 bits per heavy atom. The highest BCUT2D eigenvalue weighted by Crippen LogP contribution is 2.29. The van der Waals surface area contributed by atoms with Crippen LogP contribution in [0.2, 0.25) is 0 Å². The molecule has 1 rings (SSSR count). The van der Waals surface area contributed by atoms with Crippen molar-refractivity contribution in [2.24, 2.45) is 17.8 Å². The Labute approximate surface area is 99.8 Å². The van der Waals surface area contributed by atoms with Gasteiger partial charge in [-0.15, -0.1) is 0 Å². The van der Waals surface area contributed by atoms with Gasteiger partial charge in [0.05, 0.1) is 0 Å². The van der Waals surface area contributed by atoms with Crippen LogP contribution in [0.25, 0.3) is 0 Å². The van der Waals surface area contributed by atoms with E-state index in [0.717, 1.165) is 13.1 Å². The molecule has 1 heterocycles. The molecule has 16 heavy (non-hydrogen) atoms. The van der Waals surface area contributed by atoms with Gasteiger partial charge in [0.15, 0.2) is 0 Å². The summed E-state index contributed by atoms with van der Waals surface area (Å²) >= 11 is 0. The third kappa shape index (κ3) is 2.69. The van der Waals surface area contributed by atoms with Crippen LogP contribution < -0.4 is 0 Å². The van der Waals surface area contributed by atoms with Gasteiger partial charge in [-0.25, -0.2) is 4.79 Å². The summed E-state index contributed by atoms with van der Waals surface area (Å²) in [6.45, 7) is 12.8. The number of hydrogen-bond donors (Lipinski definition) is 0. The number of carbonyl (C=O) groups is 1. The molecule has 0 aromatic rings. The maximum atomic E-state index is 12.0. The van der Waals surface area contributed by atoms with E-state index >= 15 is 0 Å². The Morgan fingerprint density at radius 1 is 1.19 bits per heavy atom. The molecule has 0 N–H and O–H groups in total. The number of rotatable bonds is 3. The second-order valence-corrected chi connectivity index (χ2v) is 5.76. The maximum absolute atomic E-state index is 12.0. The van der Waals surface area contributed by atoms with Crippen molar-refractivity contribution in [3.63, 3.8) is 0 Å². The lowest BCUT2D eigenvalue weighted by molar-refractivity contribution is 0.0539. The second-order valence-electron chi connectivity index (χ2n) is 5.76. The first-order valence-electron chi connectivity index (χ1n) is 6.36. The average Bonchev–Trinajstić information content (AvgIpc) is 2.13. The molecule has 0 spiro atoms. The minimum Gasteiger partial charge on any atom is -0.325 e. The van der Waals surface area contributed by atoms with Gasteiger partial charge in [0.1, 0.15) is 0 Å². The fraction of sp³-hybridized carbons (Fsp3) is 0.923. The van der Waals surface area contributed by atoms with E-state index in [2.05, 4.69) is 20.8 Å². The first-order valence-corrected chi connectivity index (χ1v) is 6.36. The van der Waals surface area contributed by atoms with Gasteiger partial charge in [-0.2, -0.15) is 0 Å². The Kier molecular flexibility index (Phi) is 4.22. The van der Waals surface area contributed by atoms with Gasteiger partial charge in [0, 0.05) is 26.2 Å². The van der Waals surface area contributed by atoms with E-state index in [1.807, 2.05) is 30.7 Å². The average molecular weight is 226 g/mol. The summed E-state index contributed by atoms with van der Waals surface area (Å²) in [5.41, 5.74) is 0. The predicted molar refractivity (Wildman–Crippen MR) is 67.4 cm³/mol. The Morgan fingerprint density at radius 2 is 1.69 bits per heavy atom. The van der Waals surface area contributed by atoms with Crippen molar-refractivity contribution in [2.75, 3.05) is 20.1 Å². The molecule has 3 nitrogen and oxygen atoms in total. The number of amides is 2. The highest BCUT2D eigenvalue weighted by atomic mass is 16.2. The molecule has 1 unspecified atom stereocenters. The van der Waals surface area contributed by atoms with Crippen LogP contribution in [-0.4, -0.2) is 42.0 Å². The molecule has 1 aliphatic rings. The lowest BCUT2D eigenvalue weighted by atomic mass is 9.80. The summed E-state index contributed by atoms with van der Waals surface area (Å²) in [6, 6.07) is 0.469. The van der Waals surface area contributed by atoms with Gasteiger partial charge in [-0.3, -0.25) is 0 Å². The summed E-state index contributed by atoms with van der Waals surface area (Å²) in [5, 5.41) is 0. The van der Waals surface area contributed by atoms with Crippen LogP contribution >= 0.6 is 0 Å². The molecule has 2 amide bonds. The fourth-order valence-electron chi connectivity index (χ4n) is 1.99. The van der Waals surface area contributed by atoms with Crippen LogP contribution in [0, 0.1) is 17.8 Å². The fourth-order valence-corrected chi connectivity index (χ4v) is 1.99. The molecular formula is C13H26N2O. The van der Waals surface area contributed by atoms with E-state index in [-0.39, 0.29) is 12.1 Å². The van der Waals surface area contributed by atoms with Gasteiger partial charge in [-0.1, -0.05) is 20.8 Å². The van der Waals surface area contributed by atoms with E-state index in [9.17, 15) is 4.79 Å². The van der Waals surface area contributed by atoms with Gasteiger partial charge < -0.3 is 9.80 Å². The highest BCUT2D eigenvalue weighted by Gasteiger charge is 2.36. The summed E-state index contributed by atoms with van der Waals surface area (Å²) in [5.74, 6) is 2.13. The maximum Gasteiger partial charge on any atom is 0.319 e. The smallest absolute Gasteiger partial charge is 0.319 e. The Hall–Kier alpha value is -0.730. The zero-order valence-corrected chi connectivity index (χ0v) is 11.5. The van der Waals surface area contributed by atoms with E-state index < -0.39 is 0 Å². The first-order chi connectivity index (χ1) is 7.34. The van der Waals surface area contributed by atoms with Gasteiger partial charge in [-0.05, 0) is 31.6 Å². The lowest BCUT2D eigenvalue weighted by Crippen LogP contribution is -2.57. The Bertz CT molecular complexity index is 244. The molecule has 94 valence electrons. The molecule has 1 atom stereocenters. The number of carbonyl (C=O) groups excluding carboxylic acids is 1. The van der Waals surface area contributed by atoms with Crippen molar-refractivity contribution < 1.29 is 4.79 Å². The minimum atomic E-state index is 0.183. The largest absolute Gasteiger partial charge is 0.325 e. The molecule has 0 aromatic carbocycles.